The Kier molecular flexibility index (Phi) is 8.40. The fourth-order valence-electron chi connectivity index (χ4n) is 1.50. The van der Waals surface area contributed by atoms with Crippen LogP contribution in [0.25, 0.3) is 0 Å². The zero-order valence-electron chi connectivity index (χ0n) is 11.0. The van der Waals surface area contributed by atoms with Gasteiger partial charge in [0, 0.05) is 13.7 Å². The van der Waals surface area contributed by atoms with E-state index in [1.165, 1.54) is 0 Å². The lowest BCUT2D eigenvalue weighted by atomic mass is 9.91. The molecular weight excluding hydrogens is 224 g/mol. The summed E-state index contributed by atoms with van der Waals surface area (Å²) in [5.41, 5.74) is 0. The predicted octanol–water partition coefficient (Wildman–Crippen LogP) is 1.40. The maximum atomic E-state index is 11.7. The van der Waals surface area contributed by atoms with Crippen LogP contribution in [0.1, 0.15) is 27.2 Å². The van der Waals surface area contributed by atoms with Crippen LogP contribution in [0.15, 0.2) is 0 Å². The molecule has 0 rings (SSSR count). The standard InChI is InChI=1S/C12H22O5/c1-5-16-11(13)10(12(14)17-6-2)9(3)7-8-15-4/h9-10H,5-8H2,1-4H3. The largest absolute Gasteiger partial charge is 0.465 e. The molecule has 5 nitrogen and oxygen atoms in total. The minimum absolute atomic E-state index is 0.159. The molecule has 0 spiro atoms. The first-order valence-electron chi connectivity index (χ1n) is 5.90. The molecule has 0 bridgehead atoms. The van der Waals surface area contributed by atoms with Crippen LogP contribution < -0.4 is 0 Å². The Balaban J connectivity index is 4.58. The highest BCUT2D eigenvalue weighted by molar-refractivity contribution is 5.95. The third kappa shape index (κ3) is 5.68. The number of hydrogen-bond acceptors (Lipinski definition) is 5. The molecule has 0 aliphatic rings. The molecular formula is C12H22O5. The molecule has 1 atom stereocenters. The van der Waals surface area contributed by atoms with Crippen LogP contribution in [0.4, 0.5) is 0 Å². The minimum atomic E-state index is -0.856. The Morgan fingerprint density at radius 3 is 1.88 bits per heavy atom. The monoisotopic (exact) mass is 246 g/mol. The summed E-state index contributed by atoms with van der Waals surface area (Å²) < 4.78 is 14.7. The Labute approximate surface area is 102 Å². The van der Waals surface area contributed by atoms with Gasteiger partial charge in [-0.3, -0.25) is 9.59 Å². The summed E-state index contributed by atoms with van der Waals surface area (Å²) in [6.45, 7) is 6.24. The SMILES string of the molecule is CCOC(=O)C(C(=O)OCC)C(C)CCOC. The second kappa shape index (κ2) is 8.98. The van der Waals surface area contributed by atoms with Crippen LogP contribution in [0, 0.1) is 11.8 Å². The van der Waals surface area contributed by atoms with Crippen LogP contribution >= 0.6 is 0 Å². The van der Waals surface area contributed by atoms with Crippen molar-refractivity contribution in [1.82, 2.24) is 0 Å². The van der Waals surface area contributed by atoms with Crippen molar-refractivity contribution in [3.8, 4) is 0 Å². The van der Waals surface area contributed by atoms with Gasteiger partial charge in [-0.15, -0.1) is 0 Å². The van der Waals surface area contributed by atoms with Crippen LogP contribution in [-0.2, 0) is 23.8 Å². The zero-order valence-corrected chi connectivity index (χ0v) is 11.0. The average molecular weight is 246 g/mol. The van der Waals surface area contributed by atoms with Gasteiger partial charge in [0.05, 0.1) is 13.2 Å². The first-order valence-corrected chi connectivity index (χ1v) is 5.90. The van der Waals surface area contributed by atoms with Gasteiger partial charge >= 0.3 is 11.9 Å². The molecule has 0 N–H and O–H groups in total. The van der Waals surface area contributed by atoms with Crippen LogP contribution in [-0.4, -0.2) is 38.9 Å². The van der Waals surface area contributed by atoms with E-state index in [9.17, 15) is 9.59 Å². The summed E-state index contributed by atoms with van der Waals surface area (Å²) in [6, 6.07) is 0. The zero-order chi connectivity index (χ0) is 13.3. The molecule has 0 saturated carbocycles. The molecule has 0 fully saturated rings. The first kappa shape index (κ1) is 15.9. The molecule has 0 aromatic rings. The second-order valence-electron chi connectivity index (χ2n) is 3.74. The fourth-order valence-corrected chi connectivity index (χ4v) is 1.50. The van der Waals surface area contributed by atoms with E-state index in [1.54, 1.807) is 21.0 Å². The predicted molar refractivity (Wildman–Crippen MR) is 62.4 cm³/mol. The van der Waals surface area contributed by atoms with Crippen molar-refractivity contribution < 1.29 is 23.8 Å². The number of hydrogen-bond donors (Lipinski definition) is 0. The Morgan fingerprint density at radius 1 is 1.06 bits per heavy atom. The van der Waals surface area contributed by atoms with Gasteiger partial charge in [0.25, 0.3) is 0 Å². The quantitative estimate of drug-likeness (QED) is 0.478. The van der Waals surface area contributed by atoms with E-state index in [-0.39, 0.29) is 19.1 Å². The van der Waals surface area contributed by atoms with Gasteiger partial charge in [0.15, 0.2) is 5.92 Å². The lowest BCUT2D eigenvalue weighted by molar-refractivity contribution is -0.164. The smallest absolute Gasteiger partial charge is 0.320 e. The third-order valence-electron chi connectivity index (χ3n) is 2.43. The van der Waals surface area contributed by atoms with Crippen LogP contribution in [0.2, 0.25) is 0 Å². The van der Waals surface area contributed by atoms with Gasteiger partial charge in [0.1, 0.15) is 0 Å². The molecule has 0 saturated heterocycles. The lowest BCUT2D eigenvalue weighted by Crippen LogP contribution is -2.33. The number of esters is 2. The Hall–Kier alpha value is -1.10. The maximum absolute atomic E-state index is 11.7. The van der Waals surface area contributed by atoms with E-state index in [2.05, 4.69) is 0 Å². The second-order valence-corrected chi connectivity index (χ2v) is 3.74. The highest BCUT2D eigenvalue weighted by Gasteiger charge is 2.34. The highest BCUT2D eigenvalue weighted by Crippen LogP contribution is 2.19. The molecule has 0 aromatic carbocycles. The van der Waals surface area contributed by atoms with E-state index < -0.39 is 17.9 Å². The minimum Gasteiger partial charge on any atom is -0.465 e. The van der Waals surface area contributed by atoms with E-state index in [0.717, 1.165) is 0 Å². The third-order valence-corrected chi connectivity index (χ3v) is 2.43. The van der Waals surface area contributed by atoms with E-state index in [1.807, 2.05) is 6.92 Å². The van der Waals surface area contributed by atoms with Crippen molar-refractivity contribution in [3.63, 3.8) is 0 Å². The molecule has 0 aliphatic heterocycles. The Bertz CT molecular complexity index is 221. The van der Waals surface area contributed by atoms with Crippen molar-refractivity contribution in [1.29, 1.82) is 0 Å². The van der Waals surface area contributed by atoms with Crippen molar-refractivity contribution in [3.05, 3.63) is 0 Å². The van der Waals surface area contributed by atoms with Crippen LogP contribution in [0.5, 0.6) is 0 Å². The van der Waals surface area contributed by atoms with Gasteiger partial charge in [0.2, 0.25) is 0 Å². The van der Waals surface area contributed by atoms with Crippen molar-refractivity contribution in [2.75, 3.05) is 26.9 Å². The summed E-state index contributed by atoms with van der Waals surface area (Å²) in [6.07, 6.45) is 0.610. The molecule has 17 heavy (non-hydrogen) atoms. The van der Waals surface area contributed by atoms with Gasteiger partial charge in [-0.1, -0.05) is 6.92 Å². The van der Waals surface area contributed by atoms with Crippen molar-refractivity contribution >= 4 is 11.9 Å². The summed E-state index contributed by atoms with van der Waals surface area (Å²) in [4.78, 5) is 23.4. The normalized spacial score (nSPS) is 12.3. The maximum Gasteiger partial charge on any atom is 0.320 e. The van der Waals surface area contributed by atoms with Crippen LogP contribution in [0.3, 0.4) is 0 Å². The molecule has 0 heterocycles. The van der Waals surface area contributed by atoms with Gasteiger partial charge in [-0.2, -0.15) is 0 Å². The molecule has 0 radical (unpaired) electrons. The first-order chi connectivity index (χ1) is 8.08. The number of carbonyl (C=O) groups excluding carboxylic acids is 2. The van der Waals surface area contributed by atoms with Crippen molar-refractivity contribution in [2.24, 2.45) is 11.8 Å². The van der Waals surface area contributed by atoms with Gasteiger partial charge in [-0.25, -0.2) is 0 Å². The molecule has 5 heteroatoms. The molecule has 0 amide bonds. The number of methoxy groups -OCH3 is 1. The highest BCUT2D eigenvalue weighted by atomic mass is 16.6. The van der Waals surface area contributed by atoms with E-state index >= 15 is 0 Å². The molecule has 0 aromatic heterocycles. The van der Waals surface area contributed by atoms with E-state index in [4.69, 9.17) is 14.2 Å². The molecule has 0 aliphatic carbocycles. The fraction of sp³-hybridized carbons (Fsp3) is 0.833. The summed E-state index contributed by atoms with van der Waals surface area (Å²) in [5, 5.41) is 0. The summed E-state index contributed by atoms with van der Waals surface area (Å²) in [5.74, 6) is -2.05. The molecule has 1 unspecified atom stereocenters. The molecule has 100 valence electrons. The Morgan fingerprint density at radius 2 is 1.53 bits per heavy atom. The van der Waals surface area contributed by atoms with Gasteiger partial charge in [-0.05, 0) is 26.2 Å². The average Bonchev–Trinajstić information content (AvgIpc) is 2.27. The number of carbonyl (C=O) groups is 2. The lowest BCUT2D eigenvalue weighted by Gasteiger charge is -2.20. The topological polar surface area (TPSA) is 61.8 Å². The number of ether oxygens (including phenoxy) is 3. The van der Waals surface area contributed by atoms with E-state index in [0.29, 0.717) is 13.0 Å². The number of rotatable bonds is 8. The summed E-state index contributed by atoms with van der Waals surface area (Å²) in [7, 11) is 1.58. The summed E-state index contributed by atoms with van der Waals surface area (Å²) >= 11 is 0. The van der Waals surface area contributed by atoms with Gasteiger partial charge < -0.3 is 14.2 Å². The van der Waals surface area contributed by atoms with Crippen molar-refractivity contribution in [2.45, 2.75) is 27.2 Å².